The van der Waals surface area contributed by atoms with Crippen LogP contribution in [0.5, 0.6) is 0 Å². The van der Waals surface area contributed by atoms with Gasteiger partial charge >= 0.3 is 5.97 Å². The van der Waals surface area contributed by atoms with Crippen molar-refractivity contribution >= 4 is 50.4 Å². The number of nitrogens with zero attached hydrogens (tertiary/aromatic N) is 2. The minimum absolute atomic E-state index is 0.0703. The summed E-state index contributed by atoms with van der Waals surface area (Å²) in [5.74, 6) is -0.616. The van der Waals surface area contributed by atoms with E-state index in [-0.39, 0.29) is 36.3 Å². The van der Waals surface area contributed by atoms with Gasteiger partial charge in [0.1, 0.15) is 11.6 Å². The molecule has 1 aliphatic carbocycles. The Hall–Kier alpha value is -3.11. The summed E-state index contributed by atoms with van der Waals surface area (Å²) in [5.41, 5.74) is 0.823. The van der Waals surface area contributed by atoms with Crippen molar-refractivity contribution in [3.63, 3.8) is 0 Å². The van der Waals surface area contributed by atoms with Gasteiger partial charge in [-0.1, -0.05) is 11.6 Å². The number of carboxylic acids is 1. The number of hydrogen-bond acceptors (Lipinski definition) is 6. The number of carboxylic acid groups (broad SMARTS) is 1. The van der Waals surface area contributed by atoms with Crippen LogP contribution in [0.4, 0.5) is 5.82 Å². The zero-order valence-electron chi connectivity index (χ0n) is 21.2. The molecule has 0 atom stereocenters. The highest BCUT2D eigenvalue weighted by atomic mass is 35.5. The molecule has 0 aliphatic heterocycles. The number of rotatable bonds is 10. The topological polar surface area (TPSA) is 130 Å². The van der Waals surface area contributed by atoms with Crippen molar-refractivity contribution in [3.8, 4) is 11.3 Å². The lowest BCUT2D eigenvalue weighted by molar-refractivity contribution is -0.147. The first-order valence-corrected chi connectivity index (χ1v) is 14.2. The molecule has 1 amide bonds. The first-order valence-electron chi connectivity index (χ1n) is 12.0. The predicted octanol–water partition coefficient (Wildman–Crippen LogP) is 5.04. The van der Waals surface area contributed by atoms with Crippen LogP contribution in [-0.4, -0.2) is 50.2 Å². The van der Waals surface area contributed by atoms with E-state index in [1.165, 1.54) is 11.4 Å². The predicted molar refractivity (Wildman–Crippen MR) is 143 cm³/mol. The molecule has 3 aromatic rings. The molecule has 2 heterocycles. The molecule has 0 bridgehead atoms. The first kappa shape index (κ1) is 26.9. The Bertz CT molecular complexity index is 1460. The Balaban J connectivity index is 1.85. The lowest BCUT2D eigenvalue weighted by Gasteiger charge is -2.26. The number of amides is 1. The van der Waals surface area contributed by atoms with Gasteiger partial charge < -0.3 is 14.8 Å². The molecule has 0 saturated heterocycles. The van der Waals surface area contributed by atoms with Gasteiger partial charge in [0.2, 0.25) is 15.7 Å². The molecule has 4 rings (SSSR count). The van der Waals surface area contributed by atoms with Gasteiger partial charge in [0.15, 0.2) is 0 Å². The number of furan rings is 1. The zero-order chi connectivity index (χ0) is 27.1. The lowest BCUT2D eigenvalue weighted by Crippen LogP contribution is -2.34. The summed E-state index contributed by atoms with van der Waals surface area (Å²) in [4.78, 5) is 29.1. The second-order valence-electron chi connectivity index (χ2n) is 10.0. The van der Waals surface area contributed by atoms with E-state index < -0.39 is 21.4 Å². The molecule has 2 aromatic heterocycles. The monoisotopic (exact) mass is 547 g/mol. The van der Waals surface area contributed by atoms with Crippen molar-refractivity contribution in [3.05, 3.63) is 46.5 Å². The number of carbonyl (C=O) groups excluding carboxylic acids is 1. The summed E-state index contributed by atoms with van der Waals surface area (Å²) in [6.07, 6.45) is 3.47. The minimum atomic E-state index is -3.75. The van der Waals surface area contributed by atoms with E-state index in [9.17, 15) is 23.1 Å². The maximum absolute atomic E-state index is 12.9. The summed E-state index contributed by atoms with van der Waals surface area (Å²) in [6, 6.07) is 8.67. The van der Waals surface area contributed by atoms with Crippen molar-refractivity contribution in [2.75, 3.05) is 24.2 Å². The average molecular weight is 548 g/mol. The second-order valence-corrected chi connectivity index (χ2v) is 12.4. The molecule has 1 saturated carbocycles. The molecule has 2 N–H and O–H groups in total. The fourth-order valence-electron chi connectivity index (χ4n) is 4.28. The van der Waals surface area contributed by atoms with Crippen LogP contribution in [-0.2, 0) is 14.8 Å². The highest BCUT2D eigenvalue weighted by Crippen LogP contribution is 2.47. The molecule has 37 heavy (non-hydrogen) atoms. The van der Waals surface area contributed by atoms with Crippen LogP contribution in [0.1, 0.15) is 61.4 Å². The van der Waals surface area contributed by atoms with Crippen LogP contribution in [0.3, 0.4) is 0 Å². The van der Waals surface area contributed by atoms with Gasteiger partial charge in [-0.25, -0.2) is 8.42 Å². The maximum atomic E-state index is 12.9. The highest BCUT2D eigenvalue weighted by molar-refractivity contribution is 7.92. The summed E-state index contributed by atoms with van der Waals surface area (Å²) >= 11 is 6.04. The van der Waals surface area contributed by atoms with E-state index in [1.54, 1.807) is 38.1 Å². The van der Waals surface area contributed by atoms with Gasteiger partial charge in [0, 0.05) is 24.2 Å². The number of anilines is 1. The number of sulfonamides is 1. The normalized spacial score (nSPS) is 14.1. The maximum Gasteiger partial charge on any atom is 0.309 e. The highest BCUT2D eigenvalue weighted by Gasteiger charge is 2.35. The number of hydrogen-bond donors (Lipinski definition) is 2. The van der Waals surface area contributed by atoms with Crippen molar-refractivity contribution in [2.45, 2.75) is 45.4 Å². The summed E-state index contributed by atoms with van der Waals surface area (Å²) < 4.78 is 33.1. The molecular weight excluding hydrogens is 518 g/mol. The standard InChI is InChI=1S/C26H30ClN3O6S/c1-26(2,25(32)33)12-5-13-30(37(4,34)35)22-18(15-6-7-15)14-19-20(23(31)28-3)21(36-24(19)29-22)16-8-10-17(27)11-9-16/h8-11,14-15H,5-7,12-13H2,1-4H3,(H,28,31)(H,32,33). The number of nitrogens with one attached hydrogen (secondary N) is 1. The van der Waals surface area contributed by atoms with Crippen LogP contribution in [0.2, 0.25) is 5.02 Å². The molecule has 1 fully saturated rings. The van der Waals surface area contributed by atoms with Crippen molar-refractivity contribution in [1.29, 1.82) is 0 Å². The van der Waals surface area contributed by atoms with Gasteiger partial charge in [-0.15, -0.1) is 0 Å². The van der Waals surface area contributed by atoms with E-state index in [4.69, 9.17) is 16.0 Å². The van der Waals surface area contributed by atoms with Gasteiger partial charge in [-0.05, 0) is 81.3 Å². The average Bonchev–Trinajstić information content (AvgIpc) is 3.60. The molecule has 9 nitrogen and oxygen atoms in total. The van der Waals surface area contributed by atoms with Crippen molar-refractivity contribution < 1.29 is 27.5 Å². The Morgan fingerprint density at radius 2 is 1.89 bits per heavy atom. The van der Waals surface area contributed by atoms with Gasteiger partial charge in [0.25, 0.3) is 5.91 Å². The molecule has 198 valence electrons. The SMILES string of the molecule is CNC(=O)c1c(-c2ccc(Cl)cc2)oc2nc(N(CCCC(C)(C)C(=O)O)S(C)(=O)=O)c(C3CC3)cc12. The van der Waals surface area contributed by atoms with Crippen molar-refractivity contribution in [2.24, 2.45) is 5.41 Å². The lowest BCUT2D eigenvalue weighted by atomic mass is 9.88. The summed E-state index contributed by atoms with van der Waals surface area (Å²) in [5, 5.41) is 13.1. The van der Waals surface area contributed by atoms with Crippen LogP contribution < -0.4 is 9.62 Å². The third kappa shape index (κ3) is 5.60. The van der Waals surface area contributed by atoms with E-state index in [1.807, 2.05) is 6.07 Å². The molecule has 1 aliphatic rings. The summed E-state index contributed by atoms with van der Waals surface area (Å²) in [7, 11) is -2.22. The Morgan fingerprint density at radius 1 is 1.24 bits per heavy atom. The number of halogens is 1. The Kier molecular flexibility index (Phi) is 7.27. The van der Waals surface area contributed by atoms with Crippen LogP contribution >= 0.6 is 11.6 Å². The third-order valence-electron chi connectivity index (χ3n) is 6.65. The number of aromatic nitrogens is 1. The van der Waals surface area contributed by atoms with Crippen molar-refractivity contribution in [1.82, 2.24) is 10.3 Å². The summed E-state index contributed by atoms with van der Waals surface area (Å²) in [6.45, 7) is 3.30. The molecular formula is C26H30ClN3O6S. The van der Waals surface area contributed by atoms with E-state index in [2.05, 4.69) is 10.3 Å². The van der Waals surface area contributed by atoms with Gasteiger partial charge in [-0.3, -0.25) is 13.9 Å². The molecule has 1 aromatic carbocycles. The molecule has 0 unspecified atom stereocenters. The van der Waals surface area contributed by atoms with Crippen LogP contribution in [0.25, 0.3) is 22.4 Å². The van der Waals surface area contributed by atoms with E-state index in [0.29, 0.717) is 33.7 Å². The number of carbonyl (C=O) groups is 2. The van der Waals surface area contributed by atoms with Crippen LogP contribution in [0.15, 0.2) is 34.7 Å². The minimum Gasteiger partial charge on any atom is -0.481 e. The Labute approximate surface area is 220 Å². The van der Waals surface area contributed by atoms with E-state index >= 15 is 0 Å². The molecule has 11 heteroatoms. The van der Waals surface area contributed by atoms with Gasteiger partial charge in [-0.2, -0.15) is 4.98 Å². The fourth-order valence-corrected chi connectivity index (χ4v) is 5.33. The van der Waals surface area contributed by atoms with E-state index in [0.717, 1.165) is 24.7 Å². The number of aliphatic carboxylic acids is 1. The third-order valence-corrected chi connectivity index (χ3v) is 8.06. The quantitative estimate of drug-likeness (QED) is 0.363. The van der Waals surface area contributed by atoms with Crippen LogP contribution in [0, 0.1) is 5.41 Å². The Morgan fingerprint density at radius 3 is 2.43 bits per heavy atom. The number of pyridine rings is 1. The molecule has 0 radical (unpaired) electrons. The zero-order valence-corrected chi connectivity index (χ0v) is 22.7. The van der Waals surface area contributed by atoms with Gasteiger partial charge in [0.05, 0.1) is 22.6 Å². The smallest absolute Gasteiger partial charge is 0.309 e. The number of benzene rings is 1. The largest absolute Gasteiger partial charge is 0.481 e. The molecule has 0 spiro atoms. The second kappa shape index (κ2) is 9.98. The number of fused-ring (bicyclic) bond motifs is 1. The fraction of sp³-hybridized carbons (Fsp3) is 0.423. The first-order chi connectivity index (χ1) is 17.3.